The van der Waals surface area contributed by atoms with Gasteiger partial charge < -0.3 is 5.11 Å². The number of hydrogen-bond donors (Lipinski definition) is 1. The Morgan fingerprint density at radius 2 is 2.07 bits per heavy atom. The van der Waals surface area contributed by atoms with Crippen LogP contribution < -0.4 is 0 Å². The first-order valence-electron chi connectivity index (χ1n) is 5.45. The molecule has 2 atom stereocenters. The number of rotatable bonds is 4. The van der Waals surface area contributed by atoms with Crippen molar-refractivity contribution < 1.29 is 9.90 Å². The molecular formula is C13H16O2. The van der Waals surface area contributed by atoms with Gasteiger partial charge in [0.15, 0.2) is 0 Å². The van der Waals surface area contributed by atoms with Crippen molar-refractivity contribution in [2.24, 2.45) is 11.8 Å². The first-order chi connectivity index (χ1) is 7.16. The van der Waals surface area contributed by atoms with Crippen molar-refractivity contribution in [2.45, 2.75) is 26.2 Å². The van der Waals surface area contributed by atoms with Crippen LogP contribution >= 0.6 is 0 Å². The van der Waals surface area contributed by atoms with E-state index >= 15 is 0 Å². The maximum Gasteiger partial charge on any atom is 0.306 e. The third-order valence-corrected chi connectivity index (χ3v) is 3.16. The summed E-state index contributed by atoms with van der Waals surface area (Å²) in [5.74, 6) is -0.261. The topological polar surface area (TPSA) is 37.3 Å². The number of hydrogen-bond acceptors (Lipinski definition) is 1. The summed E-state index contributed by atoms with van der Waals surface area (Å²) < 4.78 is 0. The minimum absolute atomic E-state index is 0.0598. The minimum Gasteiger partial charge on any atom is -0.481 e. The van der Waals surface area contributed by atoms with E-state index in [1.807, 2.05) is 0 Å². The van der Waals surface area contributed by atoms with E-state index < -0.39 is 5.97 Å². The third-order valence-electron chi connectivity index (χ3n) is 3.16. The van der Waals surface area contributed by atoms with E-state index in [1.165, 1.54) is 11.1 Å². The molecule has 1 fully saturated rings. The van der Waals surface area contributed by atoms with Crippen molar-refractivity contribution in [3.8, 4) is 0 Å². The Balaban J connectivity index is 1.80. The molecule has 0 spiro atoms. The van der Waals surface area contributed by atoms with Gasteiger partial charge in [0, 0.05) is 0 Å². The van der Waals surface area contributed by atoms with Crippen LogP contribution in [0.4, 0.5) is 0 Å². The van der Waals surface area contributed by atoms with Crippen LogP contribution in [0.1, 0.15) is 24.0 Å². The first kappa shape index (κ1) is 10.2. The molecule has 1 aromatic rings. The number of aliphatic carboxylic acids is 1. The summed E-state index contributed by atoms with van der Waals surface area (Å²) in [4.78, 5) is 10.6. The second-order valence-electron chi connectivity index (χ2n) is 4.46. The molecule has 2 nitrogen and oxygen atoms in total. The molecule has 2 heteroatoms. The molecule has 1 aliphatic rings. The minimum atomic E-state index is -0.621. The van der Waals surface area contributed by atoms with Crippen LogP contribution in [0.25, 0.3) is 0 Å². The number of carboxylic acid groups (broad SMARTS) is 1. The average Bonchev–Trinajstić information content (AvgIpc) is 2.96. The Morgan fingerprint density at radius 1 is 1.40 bits per heavy atom. The molecule has 80 valence electrons. The lowest BCUT2D eigenvalue weighted by Crippen LogP contribution is -2.00. The Labute approximate surface area is 89.9 Å². The quantitative estimate of drug-likeness (QED) is 0.818. The van der Waals surface area contributed by atoms with Gasteiger partial charge in [-0.25, -0.2) is 0 Å². The van der Waals surface area contributed by atoms with E-state index in [1.54, 1.807) is 0 Å². The highest BCUT2D eigenvalue weighted by Crippen LogP contribution is 2.41. The average molecular weight is 204 g/mol. The van der Waals surface area contributed by atoms with Gasteiger partial charge in [-0.2, -0.15) is 0 Å². The third kappa shape index (κ3) is 2.58. The fraction of sp³-hybridized carbons (Fsp3) is 0.462. The highest BCUT2D eigenvalue weighted by Gasteiger charge is 2.42. The second-order valence-corrected chi connectivity index (χ2v) is 4.46. The van der Waals surface area contributed by atoms with E-state index in [0.717, 1.165) is 19.3 Å². The van der Waals surface area contributed by atoms with Gasteiger partial charge in [0.25, 0.3) is 0 Å². The van der Waals surface area contributed by atoms with Crippen LogP contribution in [-0.4, -0.2) is 11.1 Å². The summed E-state index contributed by atoms with van der Waals surface area (Å²) in [6.45, 7) is 2.07. The zero-order valence-corrected chi connectivity index (χ0v) is 8.94. The van der Waals surface area contributed by atoms with Gasteiger partial charge in [-0.15, -0.1) is 0 Å². The number of carboxylic acids is 1. The van der Waals surface area contributed by atoms with E-state index in [9.17, 15) is 4.79 Å². The van der Waals surface area contributed by atoms with Crippen LogP contribution in [0, 0.1) is 18.8 Å². The fourth-order valence-corrected chi connectivity index (χ4v) is 1.98. The lowest BCUT2D eigenvalue weighted by molar-refractivity contribution is -0.138. The molecule has 2 rings (SSSR count). The predicted molar refractivity (Wildman–Crippen MR) is 58.7 cm³/mol. The highest BCUT2D eigenvalue weighted by molar-refractivity contribution is 5.73. The zero-order valence-electron chi connectivity index (χ0n) is 8.94. The van der Waals surface area contributed by atoms with E-state index in [-0.39, 0.29) is 5.92 Å². The van der Waals surface area contributed by atoms with E-state index in [0.29, 0.717) is 5.92 Å². The summed E-state index contributed by atoms with van der Waals surface area (Å²) in [5, 5.41) is 8.76. The van der Waals surface area contributed by atoms with Crippen LogP contribution in [0.5, 0.6) is 0 Å². The monoisotopic (exact) mass is 204 g/mol. The van der Waals surface area contributed by atoms with Crippen LogP contribution in [0.15, 0.2) is 24.3 Å². The van der Waals surface area contributed by atoms with Gasteiger partial charge in [-0.3, -0.25) is 4.79 Å². The summed E-state index contributed by atoms with van der Waals surface area (Å²) in [6.07, 6.45) is 2.90. The normalized spacial score (nSPS) is 23.8. The molecule has 0 aliphatic heterocycles. The number of aryl methyl sites for hydroxylation is 2. The maximum atomic E-state index is 10.6. The van der Waals surface area contributed by atoms with Gasteiger partial charge in [-0.05, 0) is 37.7 Å². The van der Waals surface area contributed by atoms with Gasteiger partial charge in [0.2, 0.25) is 0 Å². The Bertz CT molecular complexity index is 353. The molecule has 1 N–H and O–H groups in total. The Kier molecular flexibility index (Phi) is 2.76. The molecule has 1 aromatic carbocycles. The zero-order chi connectivity index (χ0) is 10.8. The van der Waals surface area contributed by atoms with Crippen molar-refractivity contribution in [2.75, 3.05) is 0 Å². The largest absolute Gasteiger partial charge is 0.481 e. The molecular weight excluding hydrogens is 188 g/mol. The van der Waals surface area contributed by atoms with Gasteiger partial charge in [0.1, 0.15) is 0 Å². The molecule has 1 aliphatic carbocycles. The first-order valence-corrected chi connectivity index (χ1v) is 5.45. The standard InChI is InChI=1S/C13H16O2/c1-9-2-4-10(5-3-9)6-7-11-8-12(11)13(14)15/h2-5,11-12H,6-8H2,1H3,(H,14,15)/t11-,12-/m0/s1. The number of carbonyl (C=O) groups is 1. The Morgan fingerprint density at radius 3 is 2.60 bits per heavy atom. The Hall–Kier alpha value is -1.31. The van der Waals surface area contributed by atoms with Crippen molar-refractivity contribution in [3.63, 3.8) is 0 Å². The van der Waals surface area contributed by atoms with Gasteiger partial charge in [-0.1, -0.05) is 29.8 Å². The lowest BCUT2D eigenvalue weighted by Gasteiger charge is -2.00. The second kappa shape index (κ2) is 4.05. The van der Waals surface area contributed by atoms with Crippen LogP contribution in [-0.2, 0) is 11.2 Å². The molecule has 1 saturated carbocycles. The summed E-state index contributed by atoms with van der Waals surface area (Å²) in [6, 6.07) is 8.48. The van der Waals surface area contributed by atoms with Crippen molar-refractivity contribution in [3.05, 3.63) is 35.4 Å². The molecule has 0 saturated heterocycles. The lowest BCUT2D eigenvalue weighted by atomic mass is 10.1. The molecule has 0 unspecified atom stereocenters. The van der Waals surface area contributed by atoms with E-state index in [4.69, 9.17) is 5.11 Å². The SMILES string of the molecule is Cc1ccc(CC[C@H]2C[C@@H]2C(=O)O)cc1. The van der Waals surface area contributed by atoms with Crippen molar-refractivity contribution in [1.29, 1.82) is 0 Å². The number of benzene rings is 1. The molecule has 0 amide bonds. The van der Waals surface area contributed by atoms with Crippen molar-refractivity contribution in [1.82, 2.24) is 0 Å². The fourth-order valence-electron chi connectivity index (χ4n) is 1.98. The highest BCUT2D eigenvalue weighted by atomic mass is 16.4. The smallest absolute Gasteiger partial charge is 0.306 e. The van der Waals surface area contributed by atoms with Gasteiger partial charge in [0.05, 0.1) is 5.92 Å². The predicted octanol–water partition coefficient (Wildman–Crippen LogP) is 2.65. The summed E-state index contributed by atoms with van der Waals surface area (Å²) in [5.41, 5.74) is 2.59. The van der Waals surface area contributed by atoms with Gasteiger partial charge >= 0.3 is 5.97 Å². The molecule has 0 heterocycles. The maximum absolute atomic E-state index is 10.6. The van der Waals surface area contributed by atoms with Crippen molar-refractivity contribution >= 4 is 5.97 Å². The molecule has 0 bridgehead atoms. The summed E-state index contributed by atoms with van der Waals surface area (Å²) in [7, 11) is 0. The summed E-state index contributed by atoms with van der Waals surface area (Å²) >= 11 is 0. The molecule has 0 aromatic heterocycles. The molecule has 15 heavy (non-hydrogen) atoms. The molecule has 0 radical (unpaired) electrons. The van der Waals surface area contributed by atoms with E-state index in [2.05, 4.69) is 31.2 Å². The van der Waals surface area contributed by atoms with Crippen LogP contribution in [0.3, 0.4) is 0 Å². The van der Waals surface area contributed by atoms with Crippen LogP contribution in [0.2, 0.25) is 0 Å².